The van der Waals surface area contributed by atoms with E-state index in [2.05, 4.69) is 14.7 Å². The summed E-state index contributed by atoms with van der Waals surface area (Å²) in [6, 6.07) is 0. The minimum absolute atomic E-state index is 0.00364. The molecule has 0 radical (unpaired) electrons. The zero-order valence-corrected chi connectivity index (χ0v) is 14.6. The predicted octanol–water partition coefficient (Wildman–Crippen LogP) is 0.819. The number of methoxy groups -OCH3 is 1. The summed E-state index contributed by atoms with van der Waals surface area (Å²) in [6.45, 7) is 8.04. The molecule has 2 heterocycles. The Labute approximate surface area is 141 Å². The average Bonchev–Trinajstić information content (AvgIpc) is 2.73. The maximum atomic E-state index is 11.7. The number of hydrogen-bond donors (Lipinski definition) is 2. The quantitative estimate of drug-likeness (QED) is 0.613. The van der Waals surface area contributed by atoms with Crippen molar-refractivity contribution < 1.29 is 18.8 Å². The first kappa shape index (κ1) is 18.4. The van der Waals surface area contributed by atoms with Crippen LogP contribution in [0.15, 0.2) is 11.7 Å². The van der Waals surface area contributed by atoms with Crippen molar-refractivity contribution >= 4 is 25.0 Å². The molecule has 0 spiro atoms. The number of nitrogen functional groups attached to an aromatic ring is 1. The molecule has 0 aliphatic carbocycles. The Morgan fingerprint density at radius 3 is 2.42 bits per heavy atom. The minimum atomic E-state index is -0.653. The standard InChI is InChI=1S/C15H23BN4O4/c1-14(2)15(3,4)24-16(23-14)9(7-17)6-10-8-19-12(18)11(20-10)13(21)22-5/h6,8H,7,17H2,1-5H3,(H2,18,19). The van der Waals surface area contributed by atoms with Crippen LogP contribution in [0.3, 0.4) is 0 Å². The monoisotopic (exact) mass is 334 g/mol. The normalized spacial score (nSPS) is 19.4. The number of esters is 1. The van der Waals surface area contributed by atoms with Gasteiger partial charge in [-0.05, 0) is 39.2 Å². The molecule has 1 aliphatic rings. The average molecular weight is 334 g/mol. The van der Waals surface area contributed by atoms with Crippen molar-refractivity contribution in [1.29, 1.82) is 0 Å². The van der Waals surface area contributed by atoms with Crippen LogP contribution in [0.4, 0.5) is 5.82 Å². The molecule has 0 atom stereocenters. The minimum Gasteiger partial charge on any atom is -0.464 e. The molecule has 0 amide bonds. The van der Waals surface area contributed by atoms with Crippen molar-refractivity contribution in [2.45, 2.75) is 38.9 Å². The van der Waals surface area contributed by atoms with E-state index in [-0.39, 0.29) is 18.1 Å². The fourth-order valence-electron chi connectivity index (χ4n) is 2.14. The Bertz CT molecular complexity index is 659. The molecule has 0 aromatic carbocycles. The van der Waals surface area contributed by atoms with Crippen LogP contribution in [0.25, 0.3) is 6.08 Å². The largest absolute Gasteiger partial charge is 0.491 e. The summed E-state index contributed by atoms with van der Waals surface area (Å²) in [4.78, 5) is 19.8. The van der Waals surface area contributed by atoms with Crippen molar-refractivity contribution in [3.63, 3.8) is 0 Å². The van der Waals surface area contributed by atoms with Crippen molar-refractivity contribution in [1.82, 2.24) is 9.97 Å². The molecule has 24 heavy (non-hydrogen) atoms. The third-order valence-electron chi connectivity index (χ3n) is 4.32. The van der Waals surface area contributed by atoms with Gasteiger partial charge < -0.3 is 25.5 Å². The van der Waals surface area contributed by atoms with E-state index >= 15 is 0 Å². The van der Waals surface area contributed by atoms with Crippen LogP contribution >= 0.6 is 0 Å². The molecule has 1 aromatic rings. The van der Waals surface area contributed by atoms with Crippen LogP contribution in [-0.4, -0.2) is 47.9 Å². The number of carbonyl (C=O) groups is 1. The highest BCUT2D eigenvalue weighted by Crippen LogP contribution is 2.38. The lowest BCUT2D eigenvalue weighted by atomic mass is 9.77. The topological polar surface area (TPSA) is 123 Å². The summed E-state index contributed by atoms with van der Waals surface area (Å²) in [6.07, 6.45) is 3.13. The van der Waals surface area contributed by atoms with Crippen molar-refractivity contribution in [3.8, 4) is 0 Å². The molecule has 0 bridgehead atoms. The van der Waals surface area contributed by atoms with Gasteiger partial charge in [0.05, 0.1) is 30.2 Å². The van der Waals surface area contributed by atoms with Gasteiger partial charge in [0.25, 0.3) is 0 Å². The second kappa shape index (κ2) is 6.50. The first-order valence-electron chi connectivity index (χ1n) is 7.58. The molecule has 1 aromatic heterocycles. The lowest BCUT2D eigenvalue weighted by Gasteiger charge is -2.32. The number of nitrogens with zero attached hydrogens (tertiary/aromatic N) is 2. The maximum absolute atomic E-state index is 11.7. The van der Waals surface area contributed by atoms with E-state index in [4.69, 9.17) is 20.8 Å². The number of nitrogens with two attached hydrogens (primary N) is 2. The number of rotatable bonds is 4. The van der Waals surface area contributed by atoms with Gasteiger partial charge in [0, 0.05) is 6.54 Å². The Kier molecular flexibility index (Phi) is 4.98. The predicted molar refractivity (Wildman–Crippen MR) is 90.9 cm³/mol. The number of aromatic nitrogens is 2. The molecule has 1 aliphatic heterocycles. The van der Waals surface area contributed by atoms with Crippen LogP contribution in [0.1, 0.15) is 43.9 Å². The summed E-state index contributed by atoms with van der Waals surface area (Å²) < 4.78 is 16.6. The van der Waals surface area contributed by atoms with Crippen LogP contribution < -0.4 is 11.5 Å². The molecule has 8 nitrogen and oxygen atoms in total. The first-order chi connectivity index (χ1) is 11.1. The highest BCUT2D eigenvalue weighted by Gasteiger charge is 2.52. The molecule has 2 rings (SSSR count). The maximum Gasteiger partial charge on any atom is 0.491 e. The molecular formula is C15H23BN4O4. The summed E-state index contributed by atoms with van der Waals surface area (Å²) >= 11 is 0. The smallest absolute Gasteiger partial charge is 0.464 e. The van der Waals surface area contributed by atoms with Gasteiger partial charge in [-0.2, -0.15) is 0 Å². The number of hydrogen-bond acceptors (Lipinski definition) is 8. The van der Waals surface area contributed by atoms with Gasteiger partial charge >= 0.3 is 13.1 Å². The second-order valence-corrected chi connectivity index (χ2v) is 6.53. The second-order valence-electron chi connectivity index (χ2n) is 6.53. The fraction of sp³-hybridized carbons (Fsp3) is 0.533. The van der Waals surface area contributed by atoms with Gasteiger partial charge in [0.1, 0.15) is 0 Å². The summed E-state index contributed by atoms with van der Waals surface area (Å²) in [5.74, 6) is -0.649. The van der Waals surface area contributed by atoms with E-state index in [1.165, 1.54) is 13.3 Å². The molecule has 4 N–H and O–H groups in total. The van der Waals surface area contributed by atoms with Crippen molar-refractivity contribution in [2.75, 3.05) is 19.4 Å². The van der Waals surface area contributed by atoms with Crippen LogP contribution in [0.2, 0.25) is 0 Å². The molecule has 0 unspecified atom stereocenters. The van der Waals surface area contributed by atoms with Crippen molar-refractivity contribution in [2.24, 2.45) is 5.73 Å². The van der Waals surface area contributed by atoms with Gasteiger partial charge in [0.15, 0.2) is 11.5 Å². The van der Waals surface area contributed by atoms with Crippen LogP contribution in [0, 0.1) is 0 Å². The van der Waals surface area contributed by atoms with E-state index < -0.39 is 24.3 Å². The van der Waals surface area contributed by atoms with Crippen molar-refractivity contribution in [3.05, 3.63) is 23.1 Å². The van der Waals surface area contributed by atoms with Gasteiger partial charge in [0.2, 0.25) is 0 Å². The SMILES string of the molecule is COC(=O)c1nc(C=C(CN)B2OC(C)(C)C(C)(C)O2)cnc1N. The van der Waals surface area contributed by atoms with Gasteiger partial charge in [-0.3, -0.25) is 0 Å². The number of anilines is 1. The lowest BCUT2D eigenvalue weighted by Crippen LogP contribution is -2.41. The highest BCUT2D eigenvalue weighted by molar-refractivity contribution is 6.55. The van der Waals surface area contributed by atoms with E-state index in [1.54, 1.807) is 6.08 Å². The van der Waals surface area contributed by atoms with Gasteiger partial charge in [-0.15, -0.1) is 0 Å². The van der Waals surface area contributed by atoms with Crippen LogP contribution in [-0.2, 0) is 14.0 Å². The fourth-order valence-corrected chi connectivity index (χ4v) is 2.14. The highest BCUT2D eigenvalue weighted by atomic mass is 16.7. The third-order valence-corrected chi connectivity index (χ3v) is 4.32. The number of carbonyl (C=O) groups excluding carboxylic acids is 1. The Hall–Kier alpha value is -1.97. The molecule has 0 saturated carbocycles. The van der Waals surface area contributed by atoms with Crippen LogP contribution in [0.5, 0.6) is 0 Å². The van der Waals surface area contributed by atoms with E-state index in [0.29, 0.717) is 11.2 Å². The molecule has 1 saturated heterocycles. The van der Waals surface area contributed by atoms with E-state index in [1.807, 2.05) is 27.7 Å². The Morgan fingerprint density at radius 1 is 1.33 bits per heavy atom. The lowest BCUT2D eigenvalue weighted by molar-refractivity contribution is 0.00578. The number of ether oxygens (including phenoxy) is 1. The van der Waals surface area contributed by atoms with E-state index in [0.717, 1.165) is 0 Å². The molecule has 9 heteroatoms. The Morgan fingerprint density at radius 2 is 1.92 bits per heavy atom. The molecular weight excluding hydrogens is 311 g/mol. The summed E-state index contributed by atoms with van der Waals surface area (Å²) in [5.41, 5.74) is 11.6. The van der Waals surface area contributed by atoms with Gasteiger partial charge in [-0.25, -0.2) is 14.8 Å². The summed E-state index contributed by atoms with van der Waals surface area (Å²) in [7, 11) is 0.655. The zero-order valence-electron chi connectivity index (χ0n) is 14.6. The van der Waals surface area contributed by atoms with E-state index in [9.17, 15) is 4.79 Å². The molecule has 130 valence electrons. The van der Waals surface area contributed by atoms with Gasteiger partial charge in [-0.1, -0.05) is 0 Å². The Balaban J connectivity index is 2.34. The zero-order chi connectivity index (χ0) is 18.1. The summed E-state index contributed by atoms with van der Waals surface area (Å²) in [5, 5.41) is 0. The molecule has 1 fully saturated rings. The first-order valence-corrected chi connectivity index (χ1v) is 7.58. The third kappa shape index (κ3) is 3.43.